The summed E-state index contributed by atoms with van der Waals surface area (Å²) in [5.74, 6) is -0.712. The Labute approximate surface area is 182 Å². The third-order valence-corrected chi connectivity index (χ3v) is 6.60. The highest BCUT2D eigenvalue weighted by Crippen LogP contribution is 2.35. The van der Waals surface area contributed by atoms with Gasteiger partial charge >= 0.3 is 5.97 Å². The topological polar surface area (TPSA) is 49.9 Å². The van der Waals surface area contributed by atoms with E-state index in [1.165, 1.54) is 20.0 Å². The molecule has 2 aliphatic rings. The van der Waals surface area contributed by atoms with Crippen LogP contribution in [0.4, 0.5) is 11.4 Å². The van der Waals surface area contributed by atoms with Gasteiger partial charge in [0.15, 0.2) is 0 Å². The fourth-order valence-corrected chi connectivity index (χ4v) is 4.81. The van der Waals surface area contributed by atoms with Crippen LogP contribution in [0, 0.1) is 11.8 Å². The summed E-state index contributed by atoms with van der Waals surface area (Å²) in [6.45, 7) is 4.47. The normalized spacial score (nSPS) is 21.2. The Hall–Kier alpha value is -2.53. The number of hydrogen-bond acceptors (Lipinski definition) is 4. The monoisotopic (exact) mass is 426 g/mol. The molecule has 4 rings (SSSR count). The minimum absolute atomic E-state index is 0.0450. The van der Waals surface area contributed by atoms with Crippen LogP contribution in [-0.4, -0.2) is 38.6 Å². The van der Waals surface area contributed by atoms with Gasteiger partial charge < -0.3 is 14.5 Å². The molecule has 1 unspecified atom stereocenters. The second kappa shape index (κ2) is 8.68. The molecule has 2 atom stereocenters. The average Bonchev–Trinajstić information content (AvgIpc) is 3.25. The summed E-state index contributed by atoms with van der Waals surface area (Å²) in [5, 5.41) is 0.461. The van der Waals surface area contributed by atoms with Crippen LogP contribution in [-0.2, 0) is 16.0 Å². The Morgan fingerprint density at radius 3 is 2.53 bits per heavy atom. The van der Waals surface area contributed by atoms with E-state index in [0.717, 1.165) is 30.0 Å². The van der Waals surface area contributed by atoms with E-state index in [0.29, 0.717) is 23.6 Å². The SMILES string of the molecule is COC(=O)C1Cc2ccccc2N(C(=O)c2ccc(N3CCCC3)cc2Cl)C[C@H]1C. The number of rotatable bonds is 3. The van der Waals surface area contributed by atoms with Crippen LogP contribution in [0.1, 0.15) is 35.7 Å². The number of benzene rings is 2. The van der Waals surface area contributed by atoms with Gasteiger partial charge in [0, 0.05) is 31.0 Å². The molecule has 0 bridgehead atoms. The Morgan fingerprint density at radius 2 is 1.83 bits per heavy atom. The minimum Gasteiger partial charge on any atom is -0.469 e. The maximum Gasteiger partial charge on any atom is 0.309 e. The number of fused-ring (bicyclic) bond motifs is 1. The Balaban J connectivity index is 1.67. The Bertz CT molecular complexity index is 955. The minimum atomic E-state index is -0.290. The molecule has 0 aromatic heterocycles. The molecule has 2 heterocycles. The first kappa shape index (κ1) is 20.7. The zero-order valence-electron chi connectivity index (χ0n) is 17.4. The van der Waals surface area contributed by atoms with Crippen LogP contribution in [0.15, 0.2) is 42.5 Å². The van der Waals surface area contributed by atoms with Gasteiger partial charge in [0.25, 0.3) is 5.91 Å². The van der Waals surface area contributed by atoms with E-state index in [9.17, 15) is 9.59 Å². The first-order chi connectivity index (χ1) is 14.5. The molecule has 5 nitrogen and oxygen atoms in total. The number of anilines is 2. The van der Waals surface area contributed by atoms with Gasteiger partial charge in [-0.1, -0.05) is 36.7 Å². The number of carbonyl (C=O) groups excluding carboxylic acids is 2. The van der Waals surface area contributed by atoms with E-state index < -0.39 is 0 Å². The number of esters is 1. The number of methoxy groups -OCH3 is 1. The summed E-state index contributed by atoms with van der Waals surface area (Å²) in [6, 6.07) is 13.5. The summed E-state index contributed by atoms with van der Waals surface area (Å²) < 4.78 is 5.02. The molecule has 1 amide bonds. The van der Waals surface area contributed by atoms with Crippen molar-refractivity contribution in [2.75, 3.05) is 36.5 Å². The van der Waals surface area contributed by atoms with Crippen molar-refractivity contribution in [3.63, 3.8) is 0 Å². The van der Waals surface area contributed by atoms with Gasteiger partial charge in [-0.3, -0.25) is 9.59 Å². The largest absolute Gasteiger partial charge is 0.469 e. The summed E-state index contributed by atoms with van der Waals surface area (Å²) in [5.41, 5.74) is 3.35. The van der Waals surface area contributed by atoms with E-state index in [4.69, 9.17) is 16.3 Å². The van der Waals surface area contributed by atoms with Crippen molar-refractivity contribution < 1.29 is 14.3 Å². The molecule has 30 heavy (non-hydrogen) atoms. The van der Waals surface area contributed by atoms with Crippen LogP contribution in [0.3, 0.4) is 0 Å². The van der Waals surface area contributed by atoms with E-state index in [1.54, 1.807) is 4.90 Å². The third kappa shape index (κ3) is 3.91. The number of carbonyl (C=O) groups is 2. The number of para-hydroxylation sites is 1. The Morgan fingerprint density at radius 1 is 1.10 bits per heavy atom. The van der Waals surface area contributed by atoms with Gasteiger partial charge in [-0.25, -0.2) is 0 Å². The zero-order valence-corrected chi connectivity index (χ0v) is 18.2. The van der Waals surface area contributed by atoms with Crippen molar-refractivity contribution >= 4 is 34.9 Å². The van der Waals surface area contributed by atoms with Crippen LogP contribution < -0.4 is 9.80 Å². The van der Waals surface area contributed by atoms with E-state index in [2.05, 4.69) is 4.90 Å². The lowest BCUT2D eigenvalue weighted by Crippen LogP contribution is -2.37. The molecule has 0 saturated carbocycles. The molecule has 158 valence electrons. The second-order valence-corrected chi connectivity index (χ2v) is 8.62. The quantitative estimate of drug-likeness (QED) is 0.674. The van der Waals surface area contributed by atoms with Crippen molar-refractivity contribution in [1.82, 2.24) is 0 Å². The summed E-state index contributed by atoms with van der Waals surface area (Å²) >= 11 is 6.58. The maximum atomic E-state index is 13.6. The second-order valence-electron chi connectivity index (χ2n) is 8.21. The predicted octanol–water partition coefficient (Wildman–Crippen LogP) is 4.57. The lowest BCUT2D eigenvalue weighted by Gasteiger charge is -2.27. The molecular weight excluding hydrogens is 400 g/mol. The van der Waals surface area contributed by atoms with E-state index in [1.807, 2.05) is 49.4 Å². The molecule has 1 fully saturated rings. The summed E-state index contributed by atoms with van der Waals surface area (Å²) in [6.07, 6.45) is 2.92. The molecule has 2 aromatic carbocycles. The molecular formula is C24H27ClN2O3. The number of nitrogens with zero attached hydrogens (tertiary/aromatic N) is 2. The molecule has 0 radical (unpaired) electrons. The van der Waals surface area contributed by atoms with Gasteiger partial charge in [-0.15, -0.1) is 0 Å². The lowest BCUT2D eigenvalue weighted by atomic mass is 9.89. The highest BCUT2D eigenvalue weighted by Gasteiger charge is 2.35. The van der Waals surface area contributed by atoms with Crippen molar-refractivity contribution in [3.05, 3.63) is 58.6 Å². The average molecular weight is 427 g/mol. The lowest BCUT2D eigenvalue weighted by molar-refractivity contribution is -0.147. The van der Waals surface area contributed by atoms with E-state index >= 15 is 0 Å². The van der Waals surface area contributed by atoms with Crippen LogP contribution >= 0.6 is 11.6 Å². The molecule has 2 aliphatic heterocycles. The number of amides is 1. The highest BCUT2D eigenvalue weighted by atomic mass is 35.5. The number of ether oxygens (including phenoxy) is 1. The first-order valence-corrected chi connectivity index (χ1v) is 10.9. The molecule has 0 aliphatic carbocycles. The molecule has 0 N–H and O–H groups in total. The highest BCUT2D eigenvalue weighted by molar-refractivity contribution is 6.34. The van der Waals surface area contributed by atoms with Crippen molar-refractivity contribution in [3.8, 4) is 0 Å². The third-order valence-electron chi connectivity index (χ3n) is 6.28. The Kier molecular flexibility index (Phi) is 6.00. The summed E-state index contributed by atoms with van der Waals surface area (Å²) in [7, 11) is 1.41. The van der Waals surface area contributed by atoms with Gasteiger partial charge in [-0.05, 0) is 55.0 Å². The van der Waals surface area contributed by atoms with Crippen molar-refractivity contribution in [1.29, 1.82) is 0 Å². The fourth-order valence-electron chi connectivity index (χ4n) is 4.55. The molecule has 2 aromatic rings. The molecule has 1 saturated heterocycles. The first-order valence-electron chi connectivity index (χ1n) is 10.5. The smallest absolute Gasteiger partial charge is 0.309 e. The molecule has 6 heteroatoms. The molecule has 0 spiro atoms. The maximum absolute atomic E-state index is 13.6. The van der Waals surface area contributed by atoms with Crippen LogP contribution in [0.5, 0.6) is 0 Å². The van der Waals surface area contributed by atoms with Crippen molar-refractivity contribution in [2.45, 2.75) is 26.2 Å². The van der Waals surface area contributed by atoms with Gasteiger partial charge in [0.05, 0.1) is 23.6 Å². The zero-order chi connectivity index (χ0) is 21.3. The van der Waals surface area contributed by atoms with Crippen LogP contribution in [0.2, 0.25) is 5.02 Å². The van der Waals surface area contributed by atoms with Crippen molar-refractivity contribution in [2.24, 2.45) is 11.8 Å². The predicted molar refractivity (Wildman–Crippen MR) is 119 cm³/mol. The van der Waals surface area contributed by atoms with Gasteiger partial charge in [0.1, 0.15) is 0 Å². The summed E-state index contributed by atoms with van der Waals surface area (Å²) in [4.78, 5) is 30.0. The standard InChI is InChI=1S/C24H27ClN2O3/c1-16-15-27(22-8-4-3-7-17(22)13-20(16)24(29)30-2)23(28)19-10-9-18(14-21(19)25)26-11-5-6-12-26/h3-4,7-10,14,16,20H,5-6,11-13,15H2,1-2H3/t16-,20?/m1/s1. The number of halogens is 1. The van der Waals surface area contributed by atoms with E-state index in [-0.39, 0.29) is 23.7 Å². The van der Waals surface area contributed by atoms with Crippen LogP contribution in [0.25, 0.3) is 0 Å². The van der Waals surface area contributed by atoms with Gasteiger partial charge in [-0.2, -0.15) is 0 Å². The number of hydrogen-bond donors (Lipinski definition) is 0. The van der Waals surface area contributed by atoms with Gasteiger partial charge in [0.2, 0.25) is 0 Å². The fraction of sp³-hybridized carbons (Fsp3) is 0.417.